The molecule has 0 bridgehead atoms. The van der Waals surface area contributed by atoms with Gasteiger partial charge in [-0.15, -0.1) is 0 Å². The molecule has 0 heterocycles. The van der Waals surface area contributed by atoms with Gasteiger partial charge >= 0.3 is 0 Å². The number of nitrogens with zero attached hydrogens (tertiary/aromatic N) is 2. The molecule has 2 rings (SSSR count). The molecule has 0 N–H and O–H groups in total. The average Bonchev–Trinajstić information content (AvgIpc) is 2.61. The van der Waals surface area contributed by atoms with E-state index in [-0.39, 0.29) is 17.2 Å². The van der Waals surface area contributed by atoms with E-state index in [1.165, 1.54) is 18.1 Å². The van der Waals surface area contributed by atoms with Gasteiger partial charge in [0.05, 0.1) is 30.0 Å². The molecule has 0 atom stereocenters. The molecule has 0 unspecified atom stereocenters. The zero-order chi connectivity index (χ0) is 17.7. The Morgan fingerprint density at radius 1 is 1.21 bits per heavy atom. The molecule has 2 aromatic rings. The number of para-hydroxylation sites is 1. The molecular formula is C18H15ClN2O3. The zero-order valence-corrected chi connectivity index (χ0v) is 14.0. The Kier molecular flexibility index (Phi) is 5.56. The van der Waals surface area contributed by atoms with E-state index in [0.717, 1.165) is 0 Å². The number of hydrogen-bond donors (Lipinski definition) is 0. The van der Waals surface area contributed by atoms with Crippen LogP contribution in [0.4, 0.5) is 5.69 Å². The summed E-state index contributed by atoms with van der Waals surface area (Å²) in [4.78, 5) is 25.8. The lowest BCUT2D eigenvalue weighted by atomic mass is 10.1. The second kappa shape index (κ2) is 7.62. The van der Waals surface area contributed by atoms with E-state index in [4.69, 9.17) is 21.6 Å². The van der Waals surface area contributed by atoms with Gasteiger partial charge in [0.1, 0.15) is 0 Å². The zero-order valence-electron chi connectivity index (χ0n) is 13.2. The molecule has 6 heteroatoms. The number of hydrogen-bond acceptors (Lipinski definition) is 4. The summed E-state index contributed by atoms with van der Waals surface area (Å²) in [5.74, 6) is -0.0131. The summed E-state index contributed by atoms with van der Waals surface area (Å²) in [6.45, 7) is 2.19. The summed E-state index contributed by atoms with van der Waals surface area (Å²) in [5.41, 5.74) is 1.56. The third-order valence-electron chi connectivity index (χ3n) is 3.52. The lowest BCUT2D eigenvalue weighted by Crippen LogP contribution is -2.31. The van der Waals surface area contributed by atoms with E-state index >= 15 is 0 Å². The first kappa shape index (κ1) is 17.5. The van der Waals surface area contributed by atoms with Crippen LogP contribution in [0, 0.1) is 11.3 Å². The third-order valence-corrected chi connectivity index (χ3v) is 3.73. The Morgan fingerprint density at radius 3 is 2.38 bits per heavy atom. The quantitative estimate of drug-likeness (QED) is 0.778. The van der Waals surface area contributed by atoms with Crippen LogP contribution in [0.2, 0.25) is 0 Å². The van der Waals surface area contributed by atoms with Crippen LogP contribution < -0.4 is 9.64 Å². The first-order valence-corrected chi connectivity index (χ1v) is 7.60. The van der Waals surface area contributed by atoms with Gasteiger partial charge in [-0.1, -0.05) is 6.07 Å². The fourth-order valence-corrected chi connectivity index (χ4v) is 2.52. The summed E-state index contributed by atoms with van der Waals surface area (Å²) >= 11 is 5.58. The van der Waals surface area contributed by atoms with Gasteiger partial charge in [-0.25, -0.2) is 0 Å². The predicted octanol–water partition coefficient (Wildman–Crippen LogP) is 3.61. The van der Waals surface area contributed by atoms with Crippen molar-refractivity contribution in [2.45, 2.75) is 6.92 Å². The summed E-state index contributed by atoms with van der Waals surface area (Å²) in [5, 5.41) is 8.19. The highest BCUT2D eigenvalue weighted by molar-refractivity contribution is 6.68. The van der Waals surface area contributed by atoms with Gasteiger partial charge in [0.15, 0.2) is 5.75 Å². The van der Waals surface area contributed by atoms with Crippen molar-refractivity contribution in [3.8, 4) is 11.8 Å². The smallest absolute Gasteiger partial charge is 0.258 e. The molecule has 0 aliphatic rings. The summed E-state index contributed by atoms with van der Waals surface area (Å²) in [6, 6.07) is 13.2. The van der Waals surface area contributed by atoms with Crippen molar-refractivity contribution in [2.24, 2.45) is 0 Å². The lowest BCUT2D eigenvalue weighted by Gasteiger charge is -2.24. The molecule has 1 amide bonds. The molecule has 0 aliphatic heterocycles. The molecule has 0 aliphatic carbocycles. The standard InChI is InChI=1S/C18H15ClN2O3/c1-3-21(18(23)13-9-7-12(11-20)8-10-13)15-6-4-5-14(17(19)22)16(15)24-2/h4-10H,3H2,1-2H3. The van der Waals surface area contributed by atoms with Crippen molar-refractivity contribution in [2.75, 3.05) is 18.6 Å². The molecule has 0 radical (unpaired) electrons. The Bertz CT molecular complexity index is 810. The second-order valence-corrected chi connectivity index (χ2v) is 5.21. The Balaban J connectivity index is 2.48. The topological polar surface area (TPSA) is 70.4 Å². The van der Waals surface area contributed by atoms with Gasteiger partial charge in [-0.05, 0) is 54.9 Å². The number of benzene rings is 2. The minimum Gasteiger partial charge on any atom is -0.494 e. The van der Waals surface area contributed by atoms with Crippen LogP contribution in [0.3, 0.4) is 0 Å². The van der Waals surface area contributed by atoms with E-state index in [1.54, 1.807) is 36.4 Å². The Morgan fingerprint density at radius 2 is 1.88 bits per heavy atom. The number of nitriles is 1. The van der Waals surface area contributed by atoms with E-state index in [2.05, 4.69) is 0 Å². The SMILES string of the molecule is CCN(C(=O)c1ccc(C#N)cc1)c1cccc(C(=O)Cl)c1OC. The maximum absolute atomic E-state index is 12.8. The van der Waals surface area contributed by atoms with Crippen molar-refractivity contribution >= 4 is 28.4 Å². The second-order valence-electron chi connectivity index (χ2n) is 4.87. The van der Waals surface area contributed by atoms with Gasteiger partial charge in [-0.3, -0.25) is 9.59 Å². The first-order valence-electron chi connectivity index (χ1n) is 7.22. The fraction of sp³-hybridized carbons (Fsp3) is 0.167. The van der Waals surface area contributed by atoms with Crippen molar-refractivity contribution in [3.63, 3.8) is 0 Å². The van der Waals surface area contributed by atoms with Gasteiger partial charge < -0.3 is 9.64 Å². The number of rotatable bonds is 5. The molecule has 24 heavy (non-hydrogen) atoms. The Hall–Kier alpha value is -2.84. The van der Waals surface area contributed by atoms with Crippen LogP contribution in [-0.2, 0) is 0 Å². The van der Waals surface area contributed by atoms with E-state index in [9.17, 15) is 9.59 Å². The van der Waals surface area contributed by atoms with Crippen molar-refractivity contribution in [1.29, 1.82) is 5.26 Å². The van der Waals surface area contributed by atoms with Gasteiger partial charge in [0, 0.05) is 12.1 Å². The molecule has 0 fully saturated rings. The van der Waals surface area contributed by atoms with E-state index in [1.807, 2.05) is 13.0 Å². The molecule has 5 nitrogen and oxygen atoms in total. The molecular weight excluding hydrogens is 328 g/mol. The summed E-state index contributed by atoms with van der Waals surface area (Å²) < 4.78 is 5.30. The van der Waals surface area contributed by atoms with Crippen LogP contribution >= 0.6 is 11.6 Å². The highest BCUT2D eigenvalue weighted by atomic mass is 35.5. The molecule has 2 aromatic carbocycles. The molecule has 0 saturated heterocycles. The molecule has 0 spiro atoms. The summed E-state index contributed by atoms with van der Waals surface area (Å²) in [7, 11) is 1.42. The minimum atomic E-state index is -0.657. The highest BCUT2D eigenvalue weighted by Crippen LogP contribution is 2.33. The van der Waals surface area contributed by atoms with Crippen LogP contribution in [-0.4, -0.2) is 24.8 Å². The largest absolute Gasteiger partial charge is 0.494 e. The van der Waals surface area contributed by atoms with E-state index < -0.39 is 5.24 Å². The predicted molar refractivity (Wildman–Crippen MR) is 91.7 cm³/mol. The highest BCUT2D eigenvalue weighted by Gasteiger charge is 2.22. The van der Waals surface area contributed by atoms with Gasteiger partial charge in [0.2, 0.25) is 0 Å². The third kappa shape index (κ3) is 3.39. The summed E-state index contributed by atoms with van der Waals surface area (Å²) in [6.07, 6.45) is 0. The molecule has 122 valence electrons. The number of ether oxygens (including phenoxy) is 1. The minimum absolute atomic E-state index is 0.197. The first-order chi connectivity index (χ1) is 11.5. The number of amides is 1. The van der Waals surface area contributed by atoms with Crippen LogP contribution in [0.5, 0.6) is 5.75 Å². The monoisotopic (exact) mass is 342 g/mol. The van der Waals surface area contributed by atoms with E-state index in [0.29, 0.717) is 23.4 Å². The molecule has 0 aromatic heterocycles. The number of carbonyl (C=O) groups is 2. The van der Waals surface area contributed by atoms with Crippen molar-refractivity contribution in [3.05, 3.63) is 59.2 Å². The number of methoxy groups -OCH3 is 1. The lowest BCUT2D eigenvalue weighted by molar-refractivity contribution is 0.0986. The number of anilines is 1. The number of carbonyl (C=O) groups excluding carboxylic acids is 2. The van der Waals surface area contributed by atoms with Crippen molar-refractivity contribution < 1.29 is 14.3 Å². The van der Waals surface area contributed by atoms with Crippen molar-refractivity contribution in [1.82, 2.24) is 0 Å². The maximum Gasteiger partial charge on any atom is 0.258 e. The maximum atomic E-state index is 12.8. The average molecular weight is 343 g/mol. The fourth-order valence-electron chi connectivity index (χ4n) is 2.37. The van der Waals surface area contributed by atoms with Crippen LogP contribution in [0.15, 0.2) is 42.5 Å². The van der Waals surface area contributed by atoms with Crippen LogP contribution in [0.1, 0.15) is 33.2 Å². The Labute approximate surface area is 145 Å². The molecule has 0 saturated carbocycles. The number of halogens is 1. The van der Waals surface area contributed by atoms with Gasteiger partial charge in [-0.2, -0.15) is 5.26 Å². The van der Waals surface area contributed by atoms with Crippen LogP contribution in [0.25, 0.3) is 0 Å². The normalized spacial score (nSPS) is 9.92. The van der Waals surface area contributed by atoms with Gasteiger partial charge in [0.25, 0.3) is 11.1 Å².